The monoisotopic (exact) mass is 271 g/mol. The van der Waals surface area contributed by atoms with Crippen molar-refractivity contribution in [2.75, 3.05) is 13.2 Å². The molecule has 0 aliphatic heterocycles. The Morgan fingerprint density at radius 2 is 1.89 bits per heavy atom. The van der Waals surface area contributed by atoms with Gasteiger partial charge < -0.3 is 15.2 Å². The average Bonchev–Trinajstić information content (AvgIpc) is 2.32. The Balaban J connectivity index is 2.48. The van der Waals surface area contributed by atoms with Crippen molar-refractivity contribution < 1.29 is 19.4 Å². The highest BCUT2D eigenvalue weighted by Crippen LogP contribution is 2.23. The minimum atomic E-state index is -0.794. The summed E-state index contributed by atoms with van der Waals surface area (Å²) in [5.74, 6) is -1.35. The highest BCUT2D eigenvalue weighted by molar-refractivity contribution is 5.78. The van der Waals surface area contributed by atoms with Crippen LogP contribution in [-0.2, 0) is 14.3 Å². The van der Waals surface area contributed by atoms with Crippen molar-refractivity contribution in [3.8, 4) is 0 Å². The summed E-state index contributed by atoms with van der Waals surface area (Å²) in [4.78, 5) is 23.1. The molecule has 0 radical (unpaired) electrons. The maximum Gasteiger partial charge on any atom is 0.308 e. The lowest BCUT2D eigenvalue weighted by molar-refractivity contribution is -0.143. The quantitative estimate of drug-likeness (QED) is 0.724. The molecule has 1 aliphatic rings. The van der Waals surface area contributed by atoms with Crippen LogP contribution in [0.25, 0.3) is 0 Å². The lowest BCUT2D eigenvalue weighted by atomic mass is 9.86. The van der Waals surface area contributed by atoms with Crippen LogP contribution in [0.3, 0.4) is 0 Å². The first-order chi connectivity index (χ1) is 9.15. The molecule has 1 fully saturated rings. The first-order valence-corrected chi connectivity index (χ1v) is 7.25. The number of amides is 1. The molecule has 0 aromatic heterocycles. The van der Waals surface area contributed by atoms with Gasteiger partial charge in [0.15, 0.2) is 0 Å². The number of carbonyl (C=O) groups excluding carboxylic acids is 1. The summed E-state index contributed by atoms with van der Waals surface area (Å²) in [7, 11) is 0. The van der Waals surface area contributed by atoms with Gasteiger partial charge in [-0.25, -0.2) is 0 Å². The number of aliphatic carboxylic acids is 1. The lowest BCUT2D eigenvalue weighted by Gasteiger charge is -2.27. The van der Waals surface area contributed by atoms with Crippen LogP contribution in [0.5, 0.6) is 0 Å². The molecule has 0 heterocycles. The number of carboxylic acids is 1. The zero-order valence-corrected chi connectivity index (χ0v) is 11.7. The fraction of sp³-hybridized carbons (Fsp3) is 0.857. The van der Waals surface area contributed by atoms with Gasteiger partial charge in [0.2, 0.25) is 5.91 Å². The van der Waals surface area contributed by atoms with Gasteiger partial charge in [0.1, 0.15) is 0 Å². The molecule has 0 bridgehead atoms. The van der Waals surface area contributed by atoms with Crippen LogP contribution in [0, 0.1) is 5.92 Å². The van der Waals surface area contributed by atoms with Crippen LogP contribution in [0.15, 0.2) is 0 Å². The van der Waals surface area contributed by atoms with Gasteiger partial charge in [-0.1, -0.05) is 25.7 Å². The Labute approximate surface area is 114 Å². The highest BCUT2D eigenvalue weighted by atomic mass is 16.5. The van der Waals surface area contributed by atoms with Crippen LogP contribution in [0.4, 0.5) is 0 Å². The molecule has 19 heavy (non-hydrogen) atoms. The lowest BCUT2D eigenvalue weighted by Crippen LogP contribution is -2.44. The Kier molecular flexibility index (Phi) is 7.48. The predicted molar refractivity (Wildman–Crippen MR) is 71.9 cm³/mol. The first-order valence-electron chi connectivity index (χ1n) is 7.25. The molecule has 0 aromatic carbocycles. The SMILES string of the molecule is CCOCCC(=O)NC1CCCCCCC1C(=O)O. The van der Waals surface area contributed by atoms with Gasteiger partial charge in [-0.05, 0) is 19.8 Å². The van der Waals surface area contributed by atoms with Gasteiger partial charge in [-0.3, -0.25) is 9.59 Å². The van der Waals surface area contributed by atoms with Gasteiger partial charge >= 0.3 is 5.97 Å². The van der Waals surface area contributed by atoms with Gasteiger partial charge in [-0.2, -0.15) is 0 Å². The minimum Gasteiger partial charge on any atom is -0.481 e. The normalized spacial score (nSPS) is 24.3. The third kappa shape index (κ3) is 6.05. The summed E-state index contributed by atoms with van der Waals surface area (Å²) in [6, 6.07) is -0.230. The van der Waals surface area contributed by atoms with Crippen LogP contribution in [-0.4, -0.2) is 36.2 Å². The second-order valence-corrected chi connectivity index (χ2v) is 5.06. The maximum atomic E-state index is 11.8. The summed E-state index contributed by atoms with van der Waals surface area (Å²) in [6.07, 6.45) is 5.86. The Hall–Kier alpha value is -1.10. The highest BCUT2D eigenvalue weighted by Gasteiger charge is 2.29. The number of rotatable bonds is 6. The molecule has 1 saturated carbocycles. The molecular weight excluding hydrogens is 246 g/mol. The Bertz CT molecular complexity index is 293. The molecule has 0 spiro atoms. The van der Waals surface area contributed by atoms with Crippen molar-refractivity contribution in [3.63, 3.8) is 0 Å². The van der Waals surface area contributed by atoms with E-state index in [1.165, 1.54) is 0 Å². The standard InChI is InChI=1S/C14H25NO4/c1-2-19-10-9-13(16)15-12-8-6-4-3-5-7-11(12)14(17)18/h11-12H,2-10H2,1H3,(H,15,16)(H,17,18). The summed E-state index contributed by atoms with van der Waals surface area (Å²) < 4.78 is 5.14. The summed E-state index contributed by atoms with van der Waals surface area (Å²) in [6.45, 7) is 2.87. The minimum absolute atomic E-state index is 0.106. The van der Waals surface area contributed by atoms with E-state index >= 15 is 0 Å². The van der Waals surface area contributed by atoms with Crippen molar-refractivity contribution in [3.05, 3.63) is 0 Å². The Morgan fingerprint density at radius 3 is 2.53 bits per heavy atom. The van der Waals surface area contributed by atoms with Crippen LogP contribution in [0.2, 0.25) is 0 Å². The van der Waals surface area contributed by atoms with E-state index in [4.69, 9.17) is 4.74 Å². The van der Waals surface area contributed by atoms with E-state index in [9.17, 15) is 14.7 Å². The average molecular weight is 271 g/mol. The topological polar surface area (TPSA) is 75.6 Å². The second-order valence-electron chi connectivity index (χ2n) is 5.06. The van der Waals surface area contributed by atoms with E-state index in [-0.39, 0.29) is 11.9 Å². The van der Waals surface area contributed by atoms with E-state index in [1.807, 2.05) is 6.92 Å². The molecule has 0 aromatic rings. The summed E-state index contributed by atoms with van der Waals surface area (Å²) in [5, 5.41) is 12.2. The van der Waals surface area contributed by atoms with Crippen molar-refractivity contribution in [2.45, 2.75) is 57.9 Å². The summed E-state index contributed by atoms with van der Waals surface area (Å²) in [5.41, 5.74) is 0. The first kappa shape index (κ1) is 16.0. The zero-order valence-electron chi connectivity index (χ0n) is 11.7. The van der Waals surface area contributed by atoms with Gasteiger partial charge in [0.25, 0.3) is 0 Å². The zero-order chi connectivity index (χ0) is 14.1. The second kappa shape index (κ2) is 8.91. The molecule has 2 unspecified atom stereocenters. The predicted octanol–water partition coefficient (Wildman–Crippen LogP) is 1.95. The molecule has 1 rings (SSSR count). The molecule has 0 saturated heterocycles. The molecular formula is C14H25NO4. The smallest absolute Gasteiger partial charge is 0.308 e. The van der Waals surface area contributed by atoms with Crippen molar-refractivity contribution in [1.29, 1.82) is 0 Å². The molecule has 1 aliphatic carbocycles. The van der Waals surface area contributed by atoms with Crippen molar-refractivity contribution in [1.82, 2.24) is 5.32 Å². The number of ether oxygens (including phenoxy) is 1. The molecule has 5 heteroatoms. The maximum absolute atomic E-state index is 11.8. The number of nitrogens with one attached hydrogen (secondary N) is 1. The van der Waals surface area contributed by atoms with Crippen molar-refractivity contribution >= 4 is 11.9 Å². The Morgan fingerprint density at radius 1 is 1.21 bits per heavy atom. The third-order valence-electron chi connectivity index (χ3n) is 3.61. The number of hydrogen-bond donors (Lipinski definition) is 2. The number of carboxylic acid groups (broad SMARTS) is 1. The fourth-order valence-corrected chi connectivity index (χ4v) is 2.54. The van der Waals surface area contributed by atoms with E-state index in [2.05, 4.69) is 5.32 Å². The molecule has 2 atom stereocenters. The van der Waals surface area contributed by atoms with Gasteiger partial charge in [-0.15, -0.1) is 0 Å². The number of carbonyl (C=O) groups is 2. The number of hydrogen-bond acceptors (Lipinski definition) is 3. The van der Waals surface area contributed by atoms with Crippen LogP contribution in [0.1, 0.15) is 51.9 Å². The fourth-order valence-electron chi connectivity index (χ4n) is 2.54. The summed E-state index contributed by atoms with van der Waals surface area (Å²) >= 11 is 0. The molecule has 110 valence electrons. The van der Waals surface area contributed by atoms with E-state index in [1.54, 1.807) is 0 Å². The molecule has 2 N–H and O–H groups in total. The van der Waals surface area contributed by atoms with Crippen molar-refractivity contribution in [2.24, 2.45) is 5.92 Å². The van der Waals surface area contributed by atoms with Crippen LogP contribution >= 0.6 is 0 Å². The van der Waals surface area contributed by atoms with Gasteiger partial charge in [0, 0.05) is 19.1 Å². The van der Waals surface area contributed by atoms with E-state index < -0.39 is 11.9 Å². The molecule has 5 nitrogen and oxygen atoms in total. The van der Waals surface area contributed by atoms with Crippen LogP contribution < -0.4 is 5.32 Å². The third-order valence-corrected chi connectivity index (χ3v) is 3.61. The molecule has 1 amide bonds. The van der Waals surface area contributed by atoms with E-state index in [0.717, 1.165) is 32.1 Å². The van der Waals surface area contributed by atoms with Gasteiger partial charge in [0.05, 0.1) is 12.5 Å². The largest absolute Gasteiger partial charge is 0.481 e. The van der Waals surface area contributed by atoms with E-state index in [0.29, 0.717) is 26.1 Å².